The van der Waals surface area contributed by atoms with Gasteiger partial charge in [0, 0.05) is 0 Å². The molecule has 2 aliphatic rings. The van der Waals surface area contributed by atoms with E-state index in [1.165, 1.54) is 25.7 Å². The van der Waals surface area contributed by atoms with Gasteiger partial charge in [0.15, 0.2) is 0 Å². The zero-order chi connectivity index (χ0) is 16.2. The third-order valence-electron chi connectivity index (χ3n) is 6.03. The van der Waals surface area contributed by atoms with E-state index in [1.54, 1.807) is 0 Å². The van der Waals surface area contributed by atoms with Gasteiger partial charge in [-0.3, -0.25) is 0 Å². The molecule has 0 heterocycles. The predicted molar refractivity (Wildman–Crippen MR) is 96.4 cm³/mol. The van der Waals surface area contributed by atoms with Crippen molar-refractivity contribution in [3.05, 3.63) is 40.5 Å². The quantitative estimate of drug-likeness (QED) is 0.643. The van der Waals surface area contributed by atoms with Gasteiger partial charge in [0.1, 0.15) is 5.82 Å². The van der Waals surface area contributed by atoms with E-state index in [-0.39, 0.29) is 64.0 Å². The van der Waals surface area contributed by atoms with Crippen LogP contribution in [0.5, 0.6) is 0 Å². The molecule has 1 aromatic rings. The maximum absolute atomic E-state index is 14.7. The van der Waals surface area contributed by atoms with Crippen LogP contribution in [0.1, 0.15) is 81.8 Å². The molecule has 3 heteroatoms. The summed E-state index contributed by atoms with van der Waals surface area (Å²) in [7, 11) is 0. The molecule has 0 bridgehead atoms. The molecule has 0 N–H and O–H groups in total. The van der Waals surface area contributed by atoms with E-state index >= 15 is 0 Å². The molecular formula is C21H29ClFRb. The molecule has 3 rings (SSSR count). The Morgan fingerprint density at radius 3 is 2.42 bits per heavy atom. The Morgan fingerprint density at radius 1 is 1.08 bits per heavy atom. The monoisotopic (exact) mass is 420 g/mol. The average Bonchev–Trinajstić information content (AvgIpc) is 2.58. The number of hydrogen-bond donors (Lipinski definition) is 0. The predicted octanol–water partition coefficient (Wildman–Crippen LogP) is 4.10. The third-order valence-corrected chi connectivity index (χ3v) is 6.41. The van der Waals surface area contributed by atoms with Crippen molar-refractivity contribution in [3.63, 3.8) is 0 Å². The Kier molecular flexibility index (Phi) is 9.47. The van der Waals surface area contributed by atoms with E-state index < -0.39 is 0 Å². The Labute approximate surface area is 201 Å². The average molecular weight is 421 g/mol. The maximum Gasteiger partial charge on any atom is 1.00 e. The normalized spacial score (nSPS) is 25.3. The molecule has 0 saturated heterocycles. The molecule has 0 aromatic heterocycles. The summed E-state index contributed by atoms with van der Waals surface area (Å²) in [5.41, 5.74) is 1.85. The maximum atomic E-state index is 14.7. The molecule has 128 valence electrons. The molecule has 0 aliphatic heterocycles. The van der Waals surface area contributed by atoms with Crippen molar-refractivity contribution in [1.29, 1.82) is 0 Å². The first-order valence-corrected chi connectivity index (χ1v) is 9.81. The minimum Gasteiger partial charge on any atom is -0.328 e. The summed E-state index contributed by atoms with van der Waals surface area (Å²) in [4.78, 5) is 0. The van der Waals surface area contributed by atoms with Gasteiger partial charge in [-0.05, 0) is 41.7 Å². The van der Waals surface area contributed by atoms with E-state index in [9.17, 15) is 4.39 Å². The summed E-state index contributed by atoms with van der Waals surface area (Å²) >= 11 is 6.39. The number of benzene rings is 1. The molecule has 0 atom stereocenters. The molecule has 2 fully saturated rings. The van der Waals surface area contributed by atoms with Crippen LogP contribution in [0, 0.1) is 24.1 Å². The van der Waals surface area contributed by atoms with Crippen LogP contribution in [-0.2, 0) is 6.42 Å². The summed E-state index contributed by atoms with van der Waals surface area (Å²) in [6.07, 6.45) is 14.1. The number of rotatable bonds is 4. The van der Waals surface area contributed by atoms with Gasteiger partial charge in [-0.15, -0.1) is 0 Å². The van der Waals surface area contributed by atoms with Crippen LogP contribution in [0.3, 0.4) is 0 Å². The molecule has 0 spiro atoms. The van der Waals surface area contributed by atoms with Gasteiger partial charge in [0.25, 0.3) is 0 Å². The first kappa shape index (κ1) is 21.5. The van der Waals surface area contributed by atoms with Gasteiger partial charge in [-0.2, -0.15) is 12.8 Å². The van der Waals surface area contributed by atoms with Crippen molar-refractivity contribution in [3.8, 4) is 0 Å². The minimum absolute atomic E-state index is 0. The zero-order valence-electron chi connectivity index (χ0n) is 15.3. The first-order chi connectivity index (χ1) is 11.1. The van der Waals surface area contributed by atoms with E-state index in [0.717, 1.165) is 61.5 Å². The second-order valence-electron chi connectivity index (χ2n) is 7.75. The van der Waals surface area contributed by atoms with Crippen LogP contribution in [-0.4, -0.2) is 0 Å². The zero-order valence-corrected chi connectivity index (χ0v) is 21.0. The van der Waals surface area contributed by atoms with Gasteiger partial charge in [-0.1, -0.05) is 69.2 Å². The van der Waals surface area contributed by atoms with Crippen molar-refractivity contribution >= 4 is 11.6 Å². The van der Waals surface area contributed by atoms with Crippen LogP contribution < -0.4 is 58.2 Å². The fraction of sp³-hybridized carbons (Fsp3) is 0.667. The third kappa shape index (κ3) is 5.62. The van der Waals surface area contributed by atoms with Crippen LogP contribution in [0.25, 0.3) is 0 Å². The molecule has 0 amide bonds. The van der Waals surface area contributed by atoms with Gasteiger partial charge < -0.3 is 6.42 Å². The standard InChI is InChI=1S/C21H29ClF.Rb/c1-15-7-9-16(10-8-15)11-12-18-13-14-19(20(22)21(18)23)17-5-3-2-4-6-17;/h2,13-17H,3-12H2,1H3;/q-1;+1. The summed E-state index contributed by atoms with van der Waals surface area (Å²) in [5, 5.41) is 0.395. The van der Waals surface area contributed by atoms with Crippen LogP contribution >= 0.6 is 11.6 Å². The van der Waals surface area contributed by atoms with Crippen LogP contribution in [0.15, 0.2) is 12.1 Å². The molecule has 1 aromatic carbocycles. The van der Waals surface area contributed by atoms with Crippen molar-refractivity contribution in [2.24, 2.45) is 11.8 Å². The number of hydrogen-bond acceptors (Lipinski definition) is 0. The molecule has 0 nitrogen and oxygen atoms in total. The fourth-order valence-corrected chi connectivity index (χ4v) is 4.67. The van der Waals surface area contributed by atoms with Crippen LogP contribution in [0.2, 0.25) is 5.02 Å². The molecule has 24 heavy (non-hydrogen) atoms. The topological polar surface area (TPSA) is 0 Å². The molecule has 2 saturated carbocycles. The Balaban J connectivity index is 0.00000208. The second-order valence-corrected chi connectivity index (χ2v) is 8.12. The first-order valence-electron chi connectivity index (χ1n) is 9.43. The SMILES string of the molecule is CC1CCC(CCc2ccc(C3CC[CH-]CC3)c(Cl)c2F)CC1.[Rb+]. The summed E-state index contributed by atoms with van der Waals surface area (Å²) in [5.74, 6) is 1.95. The summed E-state index contributed by atoms with van der Waals surface area (Å²) in [6, 6.07) is 4.10. The second kappa shape index (κ2) is 10.5. The fourth-order valence-electron chi connectivity index (χ4n) is 4.33. The van der Waals surface area contributed by atoms with Crippen molar-refractivity contribution in [1.82, 2.24) is 0 Å². The number of aryl methyl sites for hydroxylation is 1. The summed E-state index contributed by atoms with van der Waals surface area (Å²) in [6.45, 7) is 2.34. The van der Waals surface area contributed by atoms with E-state index in [4.69, 9.17) is 11.6 Å². The molecule has 0 radical (unpaired) electrons. The van der Waals surface area contributed by atoms with Gasteiger partial charge in [0.05, 0.1) is 5.02 Å². The number of halogens is 2. The Hall–Kier alpha value is 1.25. The molecular weight excluding hydrogens is 392 g/mol. The van der Waals surface area contributed by atoms with Gasteiger partial charge >= 0.3 is 58.2 Å². The van der Waals surface area contributed by atoms with E-state index in [0.29, 0.717) is 10.9 Å². The van der Waals surface area contributed by atoms with Crippen molar-refractivity contribution < 1.29 is 62.6 Å². The van der Waals surface area contributed by atoms with Crippen molar-refractivity contribution in [2.75, 3.05) is 0 Å². The Bertz CT molecular complexity index is 517. The van der Waals surface area contributed by atoms with Gasteiger partial charge in [-0.25, -0.2) is 4.39 Å². The largest absolute Gasteiger partial charge is 1.00 e. The van der Waals surface area contributed by atoms with E-state index in [2.05, 4.69) is 19.4 Å². The van der Waals surface area contributed by atoms with Crippen molar-refractivity contribution in [2.45, 2.75) is 77.0 Å². The van der Waals surface area contributed by atoms with Crippen LogP contribution in [0.4, 0.5) is 4.39 Å². The minimum atomic E-state index is -0.150. The summed E-state index contributed by atoms with van der Waals surface area (Å²) < 4.78 is 14.7. The smallest absolute Gasteiger partial charge is 0.328 e. The molecule has 2 aliphatic carbocycles. The Morgan fingerprint density at radius 2 is 1.75 bits per heavy atom. The molecule has 0 unspecified atom stereocenters. The van der Waals surface area contributed by atoms with Gasteiger partial charge in [0.2, 0.25) is 0 Å². The van der Waals surface area contributed by atoms with E-state index in [1.807, 2.05) is 6.07 Å².